The zero-order valence-corrected chi connectivity index (χ0v) is 19.4. The second-order valence-electron chi connectivity index (χ2n) is 7.06. The Morgan fingerprint density at radius 2 is 1.85 bits per heavy atom. The fourth-order valence-corrected chi connectivity index (χ4v) is 6.73. The Balaban J connectivity index is 0.00000126. The van der Waals surface area contributed by atoms with Crippen LogP contribution in [-0.4, -0.2) is 65.8 Å². The van der Waals surface area contributed by atoms with Gasteiger partial charge in [0, 0.05) is 31.0 Å². The van der Waals surface area contributed by atoms with E-state index in [1.807, 2.05) is 13.8 Å². The summed E-state index contributed by atoms with van der Waals surface area (Å²) in [6.45, 7) is 4.44. The minimum Gasteiger partial charge on any atom is -0.360 e. The van der Waals surface area contributed by atoms with Gasteiger partial charge in [-0.05, 0) is 29.0 Å². The van der Waals surface area contributed by atoms with Crippen molar-refractivity contribution >= 4 is 30.9 Å². The monoisotopic (exact) mass is 490 g/mol. The number of hydrogen-bond donors (Lipinski definition) is 4. The summed E-state index contributed by atoms with van der Waals surface area (Å²) < 4.78 is 51.7. The van der Waals surface area contributed by atoms with Gasteiger partial charge in [-0.1, -0.05) is 19.9 Å². The summed E-state index contributed by atoms with van der Waals surface area (Å²) in [5, 5.41) is 21.2. The van der Waals surface area contributed by atoms with Gasteiger partial charge in [-0.25, -0.2) is 22.0 Å². The number of nitrogens with two attached hydrogens (primary N) is 1. The second-order valence-corrected chi connectivity index (χ2v) is 10.8. The van der Waals surface area contributed by atoms with Gasteiger partial charge in [0.25, 0.3) is 0 Å². The largest absolute Gasteiger partial charge is 0.360 e. The molecule has 0 bridgehead atoms. The number of nitrogens with zero attached hydrogens (tertiary/aromatic N) is 4. The zero-order valence-electron chi connectivity index (χ0n) is 17.8. The molecule has 0 unspecified atom stereocenters. The van der Waals surface area contributed by atoms with Crippen LogP contribution in [0.25, 0.3) is 33.5 Å². The van der Waals surface area contributed by atoms with Crippen LogP contribution >= 0.6 is 0 Å². The number of fused-ring (bicyclic) bond motifs is 1. The molecule has 0 radical (unpaired) electrons. The molecule has 1 aliphatic heterocycles. The van der Waals surface area contributed by atoms with Crippen LogP contribution in [0.1, 0.15) is 13.8 Å². The van der Waals surface area contributed by atoms with E-state index in [1.54, 1.807) is 24.5 Å². The summed E-state index contributed by atoms with van der Waals surface area (Å²) in [6.07, 6.45) is 3.27. The van der Waals surface area contributed by atoms with Crippen molar-refractivity contribution in [2.24, 2.45) is 5.14 Å². The van der Waals surface area contributed by atoms with Crippen LogP contribution in [0.15, 0.2) is 46.5 Å². The van der Waals surface area contributed by atoms with Gasteiger partial charge in [-0.3, -0.25) is 4.98 Å². The van der Waals surface area contributed by atoms with E-state index in [1.165, 1.54) is 12.1 Å². The van der Waals surface area contributed by atoms with E-state index >= 15 is 0 Å². The van der Waals surface area contributed by atoms with Gasteiger partial charge < -0.3 is 10.3 Å². The Labute approximate surface area is 190 Å². The van der Waals surface area contributed by atoms with Crippen LogP contribution in [0.5, 0.6) is 0 Å². The zero-order chi connectivity index (χ0) is 23.8. The van der Waals surface area contributed by atoms with Crippen LogP contribution in [0.4, 0.5) is 0 Å². The first-order chi connectivity index (χ1) is 15.8. The highest BCUT2D eigenvalue weighted by atomic mass is 32.2. The number of primary sulfonamides is 1. The number of aromatic amines is 2. The molecule has 0 aliphatic carbocycles. The predicted octanol–water partition coefficient (Wildman–Crippen LogP) is 0.829. The van der Waals surface area contributed by atoms with E-state index in [0.29, 0.717) is 22.2 Å². The summed E-state index contributed by atoms with van der Waals surface area (Å²) in [5.74, 6) is -0.102. The Kier molecular flexibility index (Phi) is 6.00. The minimum absolute atomic E-state index is 0.0580. The first-order valence-electron chi connectivity index (χ1n) is 10.1. The third kappa shape index (κ3) is 4.01. The van der Waals surface area contributed by atoms with E-state index < -0.39 is 30.0 Å². The number of aromatic nitrogens is 6. The van der Waals surface area contributed by atoms with Gasteiger partial charge >= 0.3 is 0 Å². The molecule has 0 atom stereocenters. The number of sulfonamides is 1. The molecule has 1 fully saturated rings. The highest BCUT2D eigenvalue weighted by molar-refractivity contribution is 7.94. The van der Waals surface area contributed by atoms with Gasteiger partial charge in [0.05, 0.1) is 26.7 Å². The lowest BCUT2D eigenvalue weighted by molar-refractivity contribution is 0.493. The highest BCUT2D eigenvalue weighted by Gasteiger charge is 2.38. The van der Waals surface area contributed by atoms with Crippen molar-refractivity contribution in [3.8, 4) is 22.5 Å². The predicted molar refractivity (Wildman–Crippen MR) is 121 cm³/mol. The highest BCUT2D eigenvalue weighted by Crippen LogP contribution is 2.40. The average molecular weight is 491 g/mol. The number of hydrogen-bond acceptors (Lipinski definition) is 9. The standard InChI is InChI=1S/C17H16N8O4S2.C2H6/c18-31(28,29)16-14(30(26,27)10-7-19-8-10)2-1-11(15(16)17-22-24-25-23-17)9-5-13-12(21-6-9)3-4-20-13;1-2/h1-6,10,19-20H,7-8H2,(H2,18,28,29)(H,22,23,24,25);1-2H3. The lowest BCUT2D eigenvalue weighted by atomic mass is 10.00. The van der Waals surface area contributed by atoms with Gasteiger partial charge in [0.15, 0.2) is 9.84 Å². The molecule has 12 nitrogen and oxygen atoms in total. The van der Waals surface area contributed by atoms with Crippen LogP contribution < -0.4 is 10.5 Å². The van der Waals surface area contributed by atoms with Gasteiger partial charge in [-0.15, -0.1) is 10.2 Å². The molecule has 33 heavy (non-hydrogen) atoms. The van der Waals surface area contributed by atoms with E-state index in [4.69, 9.17) is 5.14 Å². The Morgan fingerprint density at radius 3 is 2.45 bits per heavy atom. The van der Waals surface area contributed by atoms with Crippen LogP contribution in [0.3, 0.4) is 0 Å². The normalized spacial score (nSPS) is 14.5. The second kappa shape index (κ2) is 8.62. The number of rotatable bonds is 5. The molecule has 14 heteroatoms. The molecule has 3 aromatic heterocycles. The molecule has 4 aromatic rings. The van der Waals surface area contributed by atoms with Crippen molar-refractivity contribution in [1.82, 2.24) is 35.9 Å². The smallest absolute Gasteiger partial charge is 0.240 e. The van der Waals surface area contributed by atoms with E-state index in [0.717, 1.165) is 0 Å². The number of tetrazole rings is 1. The summed E-state index contributed by atoms with van der Waals surface area (Å²) >= 11 is 0. The minimum atomic E-state index is -4.50. The maximum atomic E-state index is 13.2. The molecule has 0 spiro atoms. The van der Waals surface area contributed by atoms with Crippen molar-refractivity contribution in [2.45, 2.75) is 28.9 Å². The van der Waals surface area contributed by atoms with Crippen molar-refractivity contribution < 1.29 is 16.8 Å². The van der Waals surface area contributed by atoms with Crippen LogP contribution in [0.2, 0.25) is 0 Å². The summed E-state index contributed by atoms with van der Waals surface area (Å²) in [6, 6.07) is 6.31. The Bertz CT molecular complexity index is 1510. The topological polar surface area (TPSA) is 189 Å². The molecule has 0 saturated carbocycles. The maximum Gasteiger partial charge on any atom is 0.240 e. The van der Waals surface area contributed by atoms with Gasteiger partial charge in [-0.2, -0.15) is 5.21 Å². The average Bonchev–Trinajstić information content (AvgIpc) is 3.43. The molecule has 5 rings (SSSR count). The molecule has 1 aliphatic rings. The molecule has 1 saturated heterocycles. The summed E-state index contributed by atoms with van der Waals surface area (Å²) in [7, 11) is -8.49. The fourth-order valence-electron chi connectivity index (χ4n) is 3.54. The van der Waals surface area contributed by atoms with Crippen LogP contribution in [0, 0.1) is 0 Å². The van der Waals surface area contributed by atoms with Gasteiger partial charge in [0.2, 0.25) is 15.8 Å². The third-order valence-corrected chi connectivity index (χ3v) is 8.46. The van der Waals surface area contributed by atoms with E-state index in [-0.39, 0.29) is 29.4 Å². The van der Waals surface area contributed by atoms with Crippen molar-refractivity contribution in [3.05, 3.63) is 36.7 Å². The molecular formula is C19H22N8O4S2. The third-order valence-electron chi connectivity index (χ3n) is 5.17. The van der Waals surface area contributed by atoms with Crippen molar-refractivity contribution in [3.63, 3.8) is 0 Å². The van der Waals surface area contributed by atoms with Crippen molar-refractivity contribution in [2.75, 3.05) is 13.1 Å². The first-order valence-corrected chi connectivity index (χ1v) is 13.2. The number of pyridine rings is 1. The SMILES string of the molecule is CC.NS(=O)(=O)c1c(S(=O)(=O)C2CNC2)ccc(-c2cnc3cc[nH]c3c2)c1-c1nn[nH]n1. The summed E-state index contributed by atoms with van der Waals surface area (Å²) in [5.41, 5.74) is 2.24. The summed E-state index contributed by atoms with van der Waals surface area (Å²) in [4.78, 5) is 6.43. The molecule has 4 heterocycles. The van der Waals surface area contributed by atoms with E-state index in [9.17, 15) is 16.8 Å². The van der Waals surface area contributed by atoms with Crippen LogP contribution in [-0.2, 0) is 19.9 Å². The Morgan fingerprint density at radius 1 is 1.09 bits per heavy atom. The molecule has 174 valence electrons. The lowest BCUT2D eigenvalue weighted by Gasteiger charge is -2.28. The number of nitrogens with one attached hydrogen (secondary N) is 3. The molecular weight excluding hydrogens is 468 g/mol. The fraction of sp³-hybridized carbons (Fsp3) is 0.263. The maximum absolute atomic E-state index is 13.2. The number of benzene rings is 1. The molecule has 1 aromatic carbocycles. The van der Waals surface area contributed by atoms with E-state index in [2.05, 4.69) is 35.9 Å². The molecule has 0 amide bonds. The number of sulfone groups is 1. The molecule has 5 N–H and O–H groups in total. The quantitative estimate of drug-likeness (QED) is 0.314. The lowest BCUT2D eigenvalue weighted by Crippen LogP contribution is -2.51. The Hall–Kier alpha value is -3.20. The number of H-pyrrole nitrogens is 2. The first kappa shape index (κ1) is 23.0. The van der Waals surface area contributed by atoms with Gasteiger partial charge in [0.1, 0.15) is 4.90 Å². The van der Waals surface area contributed by atoms with Crippen molar-refractivity contribution in [1.29, 1.82) is 0 Å².